The van der Waals surface area contributed by atoms with Gasteiger partial charge in [0.05, 0.1) is 17.4 Å². The Kier molecular flexibility index (Phi) is 4.87. The van der Waals surface area contributed by atoms with Crippen LogP contribution >= 0.6 is 0 Å². The van der Waals surface area contributed by atoms with Gasteiger partial charge in [-0.25, -0.2) is 13.9 Å². The minimum atomic E-state index is -0.888. The summed E-state index contributed by atoms with van der Waals surface area (Å²) in [6.45, 7) is 1.11. The van der Waals surface area contributed by atoms with Crippen LogP contribution < -0.4 is 4.74 Å². The Balaban J connectivity index is 1.35. The number of piperidine rings is 1. The number of rotatable bonds is 5. The molecule has 10 nitrogen and oxygen atoms in total. The second-order valence-corrected chi connectivity index (χ2v) is 6.45. The van der Waals surface area contributed by atoms with E-state index in [-0.39, 0.29) is 18.4 Å². The molecule has 0 atom stereocenters. The van der Waals surface area contributed by atoms with Gasteiger partial charge in [-0.1, -0.05) is 0 Å². The van der Waals surface area contributed by atoms with Crippen LogP contribution in [0.3, 0.4) is 0 Å². The summed E-state index contributed by atoms with van der Waals surface area (Å²) in [7, 11) is 0. The number of carbonyl (C=O) groups is 1. The molecule has 1 amide bonds. The van der Waals surface area contributed by atoms with Crippen molar-refractivity contribution in [3.63, 3.8) is 0 Å². The van der Waals surface area contributed by atoms with Crippen LogP contribution in [0.1, 0.15) is 24.6 Å². The molecule has 0 bridgehead atoms. The van der Waals surface area contributed by atoms with Crippen LogP contribution in [0.2, 0.25) is 0 Å². The summed E-state index contributed by atoms with van der Waals surface area (Å²) in [6.07, 6.45) is 3.75. The molecule has 28 heavy (non-hydrogen) atoms. The maximum atomic E-state index is 14.3. The van der Waals surface area contributed by atoms with Gasteiger partial charge in [-0.3, -0.25) is 4.68 Å². The molecule has 1 N–H and O–H groups in total. The summed E-state index contributed by atoms with van der Waals surface area (Å²) >= 11 is 0. The molecule has 1 aliphatic rings. The summed E-state index contributed by atoms with van der Waals surface area (Å²) in [5.74, 6) is -0.408. The lowest BCUT2D eigenvalue weighted by Gasteiger charge is -2.30. The van der Waals surface area contributed by atoms with E-state index in [1.807, 2.05) is 16.9 Å². The number of amides is 1. The van der Waals surface area contributed by atoms with Gasteiger partial charge in [0.15, 0.2) is 11.6 Å². The Bertz CT molecular complexity index is 952. The Morgan fingerprint density at radius 3 is 2.79 bits per heavy atom. The first kappa shape index (κ1) is 17.9. The van der Waals surface area contributed by atoms with Gasteiger partial charge in [-0.2, -0.15) is 5.10 Å². The van der Waals surface area contributed by atoms with E-state index in [0.29, 0.717) is 37.3 Å². The van der Waals surface area contributed by atoms with E-state index in [4.69, 9.17) is 9.84 Å². The Morgan fingerprint density at radius 1 is 1.29 bits per heavy atom. The molecule has 4 rings (SSSR count). The Morgan fingerprint density at radius 2 is 2.11 bits per heavy atom. The predicted octanol–water partition coefficient (Wildman–Crippen LogP) is 1.89. The van der Waals surface area contributed by atoms with Gasteiger partial charge in [-0.15, -0.1) is 5.10 Å². The fourth-order valence-corrected chi connectivity index (χ4v) is 3.16. The first-order chi connectivity index (χ1) is 13.6. The Labute approximate surface area is 159 Å². The van der Waals surface area contributed by atoms with Crippen LogP contribution in [0, 0.1) is 5.82 Å². The van der Waals surface area contributed by atoms with E-state index in [0.717, 1.165) is 0 Å². The first-order valence-electron chi connectivity index (χ1n) is 8.78. The number of hydrogen-bond donors (Lipinski definition) is 1. The molecule has 3 heterocycles. The maximum absolute atomic E-state index is 14.3. The topological polar surface area (TPSA) is 111 Å². The van der Waals surface area contributed by atoms with E-state index in [1.54, 1.807) is 6.07 Å². The number of tetrazole rings is 1. The fourth-order valence-electron chi connectivity index (χ4n) is 3.16. The van der Waals surface area contributed by atoms with E-state index in [2.05, 4.69) is 20.6 Å². The van der Waals surface area contributed by atoms with Gasteiger partial charge >= 0.3 is 6.09 Å². The number of benzene rings is 1. The molecule has 0 aliphatic carbocycles. The zero-order valence-electron chi connectivity index (χ0n) is 14.8. The molecule has 0 spiro atoms. The standard InChI is InChI=1S/C17H18FN7O3/c18-15-9-14(25-11-19-21-22-25)1-2-16(15)28-10-12-3-8-24(20-12)13-4-6-23(7-5-13)17(26)27/h1-3,8-9,11,13H,4-7,10H2,(H,26,27). The van der Waals surface area contributed by atoms with Gasteiger partial charge in [-0.05, 0) is 41.5 Å². The molecule has 0 unspecified atom stereocenters. The molecule has 1 aliphatic heterocycles. The highest BCUT2D eigenvalue weighted by molar-refractivity contribution is 5.65. The monoisotopic (exact) mass is 387 g/mol. The van der Waals surface area contributed by atoms with Crippen molar-refractivity contribution in [2.24, 2.45) is 0 Å². The van der Waals surface area contributed by atoms with E-state index >= 15 is 0 Å². The molecule has 1 fully saturated rings. The lowest BCUT2D eigenvalue weighted by Crippen LogP contribution is -2.38. The number of carboxylic acid groups (broad SMARTS) is 1. The molecule has 1 aromatic carbocycles. The average Bonchev–Trinajstić information content (AvgIpc) is 3.39. The van der Waals surface area contributed by atoms with Crippen LogP contribution in [-0.2, 0) is 6.61 Å². The van der Waals surface area contributed by atoms with Crippen molar-refractivity contribution in [3.8, 4) is 11.4 Å². The third-order valence-electron chi connectivity index (χ3n) is 4.68. The summed E-state index contributed by atoms with van der Waals surface area (Å²) in [5.41, 5.74) is 1.16. The molecule has 3 aromatic rings. The third kappa shape index (κ3) is 3.77. The van der Waals surface area contributed by atoms with Crippen LogP contribution in [0.15, 0.2) is 36.8 Å². The molecular weight excluding hydrogens is 369 g/mol. The van der Waals surface area contributed by atoms with Gasteiger partial charge in [0.25, 0.3) is 0 Å². The van der Waals surface area contributed by atoms with Crippen molar-refractivity contribution < 1.29 is 19.0 Å². The number of halogens is 1. The minimum absolute atomic E-state index is 0.112. The summed E-state index contributed by atoms with van der Waals surface area (Å²) < 4.78 is 23.0. The average molecular weight is 387 g/mol. The van der Waals surface area contributed by atoms with Crippen molar-refractivity contribution >= 4 is 6.09 Å². The van der Waals surface area contributed by atoms with Gasteiger partial charge < -0.3 is 14.7 Å². The highest BCUT2D eigenvalue weighted by Gasteiger charge is 2.23. The summed E-state index contributed by atoms with van der Waals surface area (Å²) in [5, 5.41) is 24.2. The quantitative estimate of drug-likeness (QED) is 0.712. The minimum Gasteiger partial charge on any atom is -0.484 e. The molecule has 1 saturated heterocycles. The van der Waals surface area contributed by atoms with E-state index < -0.39 is 11.9 Å². The van der Waals surface area contributed by atoms with Crippen molar-refractivity contribution in [2.45, 2.75) is 25.5 Å². The molecule has 2 aromatic heterocycles. The number of ether oxygens (including phenoxy) is 1. The lowest BCUT2D eigenvalue weighted by atomic mass is 10.1. The zero-order valence-corrected chi connectivity index (χ0v) is 14.8. The summed E-state index contributed by atoms with van der Waals surface area (Å²) in [4.78, 5) is 12.4. The molecule has 0 saturated carbocycles. The fraction of sp³-hybridized carbons (Fsp3) is 0.353. The van der Waals surface area contributed by atoms with Crippen molar-refractivity contribution in [3.05, 3.63) is 48.3 Å². The van der Waals surface area contributed by atoms with E-state index in [9.17, 15) is 9.18 Å². The second-order valence-electron chi connectivity index (χ2n) is 6.45. The third-order valence-corrected chi connectivity index (χ3v) is 4.68. The predicted molar refractivity (Wildman–Crippen MR) is 93.5 cm³/mol. The van der Waals surface area contributed by atoms with Crippen LogP contribution in [0.4, 0.5) is 9.18 Å². The largest absolute Gasteiger partial charge is 0.484 e. The maximum Gasteiger partial charge on any atom is 0.407 e. The number of aromatic nitrogens is 6. The van der Waals surface area contributed by atoms with E-state index in [1.165, 1.54) is 28.0 Å². The molecule has 0 radical (unpaired) electrons. The normalized spacial score (nSPS) is 15.0. The number of hydrogen-bond acceptors (Lipinski definition) is 6. The molecular formula is C17H18FN7O3. The van der Waals surface area contributed by atoms with Gasteiger partial charge in [0, 0.05) is 25.4 Å². The van der Waals surface area contributed by atoms with Gasteiger partial charge in [0.1, 0.15) is 12.9 Å². The molecule has 146 valence electrons. The number of likely N-dealkylation sites (tertiary alicyclic amines) is 1. The zero-order chi connectivity index (χ0) is 19.5. The smallest absolute Gasteiger partial charge is 0.407 e. The lowest BCUT2D eigenvalue weighted by molar-refractivity contribution is 0.123. The van der Waals surface area contributed by atoms with Crippen molar-refractivity contribution in [2.75, 3.05) is 13.1 Å². The van der Waals surface area contributed by atoms with Crippen LogP contribution in [0.25, 0.3) is 5.69 Å². The highest BCUT2D eigenvalue weighted by atomic mass is 19.1. The molecule has 11 heteroatoms. The van der Waals surface area contributed by atoms with Crippen molar-refractivity contribution in [1.29, 1.82) is 0 Å². The second kappa shape index (κ2) is 7.62. The Hall–Kier alpha value is -3.50. The van der Waals surface area contributed by atoms with Crippen LogP contribution in [-0.4, -0.2) is 59.2 Å². The van der Waals surface area contributed by atoms with Crippen molar-refractivity contribution in [1.82, 2.24) is 34.9 Å². The van der Waals surface area contributed by atoms with Gasteiger partial charge in [0.2, 0.25) is 0 Å². The first-order valence-corrected chi connectivity index (χ1v) is 8.78. The SMILES string of the molecule is O=C(O)N1CCC(n2ccc(COc3ccc(-n4cnnn4)cc3F)n2)CC1. The van der Waals surface area contributed by atoms with Crippen LogP contribution in [0.5, 0.6) is 5.75 Å². The number of nitrogens with zero attached hydrogens (tertiary/aromatic N) is 7. The summed E-state index contributed by atoms with van der Waals surface area (Å²) in [6, 6.07) is 6.43. The highest BCUT2D eigenvalue weighted by Crippen LogP contribution is 2.23.